The molecule has 17 heavy (non-hydrogen) atoms. The number of aliphatic hydroxyl groups is 2. The van der Waals surface area contributed by atoms with E-state index in [2.05, 4.69) is 9.88 Å². The maximum Gasteiger partial charge on any atom is 0.385 e. The summed E-state index contributed by atoms with van der Waals surface area (Å²) in [7, 11) is 0. The Morgan fingerprint density at radius 1 is 1.00 bits per heavy atom. The molecule has 2 N–H and O–H groups in total. The summed E-state index contributed by atoms with van der Waals surface area (Å²) >= 11 is 0. The molecule has 0 unspecified atom stereocenters. The quantitative estimate of drug-likeness (QED) is 0.707. The number of aliphatic hydroxyl groups excluding tert-OH is 2. The molecule has 1 aromatic rings. The summed E-state index contributed by atoms with van der Waals surface area (Å²) in [5, 5.41) is 26.3. The minimum Gasteiger partial charge on any atom is -0.396 e. The van der Waals surface area contributed by atoms with E-state index >= 15 is 0 Å². The third-order valence-corrected chi connectivity index (χ3v) is 2.50. The zero-order chi connectivity index (χ0) is 12.5. The van der Waals surface area contributed by atoms with Crippen LogP contribution in [0.25, 0.3) is 4.98 Å². The molecule has 92 valence electrons. The van der Waals surface area contributed by atoms with Crippen molar-refractivity contribution in [2.45, 2.75) is 12.8 Å². The number of anilines is 1. The van der Waals surface area contributed by atoms with Crippen molar-refractivity contribution in [2.75, 3.05) is 31.2 Å². The standard InChI is InChI=1S/C12H18N3O2/c13-14-11-3-5-12(6-4-11)15(7-1-9-16)8-2-10-17/h3-6,16-17H,1-2,7-10H2/q+1. The largest absolute Gasteiger partial charge is 0.396 e. The minimum absolute atomic E-state index is 0.152. The first-order valence-corrected chi connectivity index (χ1v) is 5.73. The van der Waals surface area contributed by atoms with Crippen LogP contribution in [0, 0.1) is 5.39 Å². The maximum atomic E-state index is 8.85. The molecule has 0 amide bonds. The van der Waals surface area contributed by atoms with E-state index in [9.17, 15) is 0 Å². The van der Waals surface area contributed by atoms with Crippen LogP contribution in [0.2, 0.25) is 0 Å². The molecule has 5 heteroatoms. The van der Waals surface area contributed by atoms with Crippen LogP contribution in [-0.2, 0) is 0 Å². The fraction of sp³-hybridized carbons (Fsp3) is 0.500. The van der Waals surface area contributed by atoms with E-state index in [0.29, 0.717) is 18.5 Å². The molecule has 0 saturated carbocycles. The molecule has 0 spiro atoms. The number of rotatable bonds is 7. The van der Waals surface area contributed by atoms with Gasteiger partial charge in [-0.1, -0.05) is 0 Å². The third kappa shape index (κ3) is 4.39. The lowest BCUT2D eigenvalue weighted by molar-refractivity contribution is 0.282. The number of nitrogens with zero attached hydrogens (tertiary/aromatic N) is 3. The van der Waals surface area contributed by atoms with Crippen LogP contribution in [0.15, 0.2) is 24.3 Å². The molecule has 0 aliphatic carbocycles. The Hall–Kier alpha value is -1.64. The van der Waals surface area contributed by atoms with Gasteiger partial charge in [0.2, 0.25) is 5.39 Å². The number of hydrogen-bond acceptors (Lipinski definition) is 4. The molecule has 0 aromatic heterocycles. The predicted octanol–water partition coefficient (Wildman–Crippen LogP) is 1.74. The van der Waals surface area contributed by atoms with E-state index in [1.165, 1.54) is 0 Å². The van der Waals surface area contributed by atoms with E-state index in [-0.39, 0.29) is 13.2 Å². The SMILES string of the molecule is N#[N+]c1ccc(N(CCCO)CCCO)cc1. The van der Waals surface area contributed by atoms with Gasteiger partial charge in [-0.25, -0.2) is 0 Å². The second-order valence-electron chi connectivity index (χ2n) is 3.76. The van der Waals surface area contributed by atoms with Crippen LogP contribution in [0.3, 0.4) is 0 Å². The lowest BCUT2D eigenvalue weighted by Gasteiger charge is -2.23. The van der Waals surface area contributed by atoms with Gasteiger partial charge in [0.05, 0.1) is 0 Å². The molecular formula is C12H18N3O2+. The van der Waals surface area contributed by atoms with E-state index in [1.807, 2.05) is 12.1 Å². The summed E-state index contributed by atoms with van der Waals surface area (Å²) in [5.74, 6) is 0. The molecule has 0 bridgehead atoms. The van der Waals surface area contributed by atoms with Gasteiger partial charge in [-0.05, 0) is 25.0 Å². The van der Waals surface area contributed by atoms with Crippen molar-refractivity contribution in [3.63, 3.8) is 0 Å². The molecule has 0 saturated heterocycles. The summed E-state index contributed by atoms with van der Waals surface area (Å²) in [6.07, 6.45) is 1.38. The minimum atomic E-state index is 0.152. The van der Waals surface area contributed by atoms with Crippen LogP contribution in [0.1, 0.15) is 12.8 Å². The fourth-order valence-electron chi connectivity index (χ4n) is 1.62. The van der Waals surface area contributed by atoms with Crippen LogP contribution in [-0.4, -0.2) is 36.5 Å². The van der Waals surface area contributed by atoms with E-state index in [4.69, 9.17) is 15.6 Å². The average Bonchev–Trinajstić information content (AvgIpc) is 2.39. The molecule has 0 radical (unpaired) electrons. The van der Waals surface area contributed by atoms with Crippen molar-refractivity contribution in [2.24, 2.45) is 0 Å². The second-order valence-corrected chi connectivity index (χ2v) is 3.76. The zero-order valence-corrected chi connectivity index (χ0v) is 9.79. The summed E-state index contributed by atoms with van der Waals surface area (Å²) < 4.78 is 0. The predicted molar refractivity (Wildman–Crippen MR) is 66.8 cm³/mol. The Morgan fingerprint density at radius 3 is 1.94 bits per heavy atom. The van der Waals surface area contributed by atoms with E-state index < -0.39 is 0 Å². The van der Waals surface area contributed by atoms with Gasteiger partial charge in [0.1, 0.15) is 0 Å². The van der Waals surface area contributed by atoms with Crippen molar-refractivity contribution in [3.05, 3.63) is 29.2 Å². The molecule has 0 aliphatic rings. The lowest BCUT2D eigenvalue weighted by atomic mass is 10.2. The lowest BCUT2D eigenvalue weighted by Crippen LogP contribution is -2.26. The molecule has 0 fully saturated rings. The van der Waals surface area contributed by atoms with Gasteiger partial charge in [-0.15, -0.1) is 0 Å². The van der Waals surface area contributed by atoms with Gasteiger partial charge < -0.3 is 15.1 Å². The molecule has 1 aromatic carbocycles. The fourth-order valence-corrected chi connectivity index (χ4v) is 1.62. The van der Waals surface area contributed by atoms with Gasteiger partial charge in [0, 0.05) is 44.1 Å². The highest BCUT2D eigenvalue weighted by molar-refractivity contribution is 5.55. The normalized spacial score (nSPS) is 9.94. The Balaban J connectivity index is 2.69. The van der Waals surface area contributed by atoms with Crippen molar-refractivity contribution in [3.8, 4) is 0 Å². The smallest absolute Gasteiger partial charge is 0.385 e. The van der Waals surface area contributed by atoms with Crippen molar-refractivity contribution >= 4 is 11.4 Å². The first-order valence-electron chi connectivity index (χ1n) is 5.73. The van der Waals surface area contributed by atoms with Gasteiger partial charge >= 0.3 is 5.69 Å². The number of benzene rings is 1. The molecular weight excluding hydrogens is 218 g/mol. The summed E-state index contributed by atoms with van der Waals surface area (Å²) in [6.45, 7) is 1.79. The van der Waals surface area contributed by atoms with Crippen molar-refractivity contribution in [1.82, 2.24) is 0 Å². The Labute approximate surface area is 101 Å². The van der Waals surface area contributed by atoms with Gasteiger partial charge in [-0.2, -0.15) is 0 Å². The molecule has 0 aliphatic heterocycles. The molecule has 5 nitrogen and oxygen atoms in total. The summed E-state index contributed by atoms with van der Waals surface area (Å²) in [4.78, 5) is 5.19. The maximum absolute atomic E-state index is 8.85. The molecule has 0 atom stereocenters. The zero-order valence-electron chi connectivity index (χ0n) is 9.79. The second kappa shape index (κ2) is 7.60. The van der Waals surface area contributed by atoms with Gasteiger partial charge in [0.15, 0.2) is 4.98 Å². The van der Waals surface area contributed by atoms with Gasteiger partial charge in [-0.3, -0.25) is 0 Å². The molecule has 0 heterocycles. The van der Waals surface area contributed by atoms with Crippen LogP contribution < -0.4 is 4.90 Å². The first kappa shape index (κ1) is 13.4. The highest BCUT2D eigenvalue weighted by Crippen LogP contribution is 2.20. The van der Waals surface area contributed by atoms with Crippen LogP contribution >= 0.6 is 0 Å². The topological polar surface area (TPSA) is 71.9 Å². The van der Waals surface area contributed by atoms with E-state index in [1.54, 1.807) is 12.1 Å². The Morgan fingerprint density at radius 2 is 1.53 bits per heavy atom. The first-order chi connectivity index (χ1) is 8.31. The molecule has 1 rings (SSSR count). The number of hydrogen-bond donors (Lipinski definition) is 2. The highest BCUT2D eigenvalue weighted by Gasteiger charge is 2.08. The monoisotopic (exact) mass is 236 g/mol. The number of diazo groups is 1. The van der Waals surface area contributed by atoms with Crippen molar-refractivity contribution in [1.29, 1.82) is 5.39 Å². The van der Waals surface area contributed by atoms with Crippen LogP contribution in [0.5, 0.6) is 0 Å². The third-order valence-electron chi connectivity index (χ3n) is 2.50. The van der Waals surface area contributed by atoms with Crippen LogP contribution in [0.4, 0.5) is 11.4 Å². The highest BCUT2D eigenvalue weighted by atomic mass is 16.3. The Kier molecular flexibility index (Phi) is 6.00. The summed E-state index contributed by atoms with van der Waals surface area (Å²) in [6, 6.07) is 7.17. The average molecular weight is 236 g/mol. The van der Waals surface area contributed by atoms with Crippen molar-refractivity contribution < 1.29 is 10.2 Å². The van der Waals surface area contributed by atoms with E-state index in [0.717, 1.165) is 18.8 Å². The van der Waals surface area contributed by atoms with Gasteiger partial charge in [0.25, 0.3) is 0 Å². The summed E-state index contributed by atoms with van der Waals surface area (Å²) in [5.41, 5.74) is 1.51. The Bertz CT molecular complexity index is 351.